The Bertz CT molecular complexity index is 1560. The fourth-order valence-electron chi connectivity index (χ4n) is 5.03. The van der Waals surface area contributed by atoms with Crippen LogP contribution in [-0.4, -0.2) is 43.1 Å². The number of nitrogens with one attached hydrogen (secondary N) is 3. The van der Waals surface area contributed by atoms with Gasteiger partial charge in [0.05, 0.1) is 11.9 Å². The summed E-state index contributed by atoms with van der Waals surface area (Å²) < 4.78 is 1.74. The lowest BCUT2D eigenvalue weighted by atomic mass is 9.91. The summed E-state index contributed by atoms with van der Waals surface area (Å²) in [5.41, 5.74) is 7.59. The van der Waals surface area contributed by atoms with Crippen LogP contribution in [0.5, 0.6) is 0 Å². The van der Waals surface area contributed by atoms with Crippen molar-refractivity contribution in [1.29, 1.82) is 0 Å². The van der Waals surface area contributed by atoms with Gasteiger partial charge in [-0.3, -0.25) is 9.78 Å². The molecule has 176 valence electrons. The first kappa shape index (κ1) is 21.3. The van der Waals surface area contributed by atoms with Crippen molar-refractivity contribution in [3.8, 4) is 11.3 Å². The molecule has 1 aromatic carbocycles. The second kappa shape index (κ2) is 8.54. The number of H-pyrrole nitrogens is 1. The number of anilines is 1. The molecule has 0 fully saturated rings. The first-order chi connectivity index (χ1) is 17.1. The molecule has 0 bridgehead atoms. The normalized spacial score (nSPS) is 15.3. The molecule has 0 saturated heterocycles. The van der Waals surface area contributed by atoms with Gasteiger partial charge in [-0.1, -0.05) is 18.2 Å². The van der Waals surface area contributed by atoms with E-state index in [1.807, 2.05) is 26.1 Å². The quantitative estimate of drug-likeness (QED) is 0.359. The zero-order valence-electron chi connectivity index (χ0n) is 19.8. The average molecular weight is 466 g/mol. The molecule has 5 aromatic rings. The molecule has 4 aromatic heterocycles. The molecule has 8 heteroatoms. The van der Waals surface area contributed by atoms with Crippen molar-refractivity contribution >= 4 is 28.3 Å². The molecular formula is C27H27N7O. The van der Waals surface area contributed by atoms with Gasteiger partial charge >= 0.3 is 0 Å². The number of amides is 1. The Kier molecular flexibility index (Phi) is 5.21. The summed E-state index contributed by atoms with van der Waals surface area (Å²) in [5.74, 6) is 0.636. The minimum atomic E-state index is -0.179. The number of para-hydroxylation sites is 1. The van der Waals surface area contributed by atoms with Crippen molar-refractivity contribution < 1.29 is 4.79 Å². The fraction of sp³-hybridized carbons (Fsp3) is 0.259. The van der Waals surface area contributed by atoms with Gasteiger partial charge in [-0.25, -0.2) is 4.98 Å². The van der Waals surface area contributed by atoms with Crippen LogP contribution in [0.3, 0.4) is 0 Å². The van der Waals surface area contributed by atoms with Crippen molar-refractivity contribution in [2.75, 3.05) is 11.9 Å². The summed E-state index contributed by atoms with van der Waals surface area (Å²) >= 11 is 0. The van der Waals surface area contributed by atoms with Gasteiger partial charge in [0.2, 0.25) is 0 Å². The SMILES string of the molecule is CCNC(=O)c1cnn2c(N[C@@H]3CCc4[nH]c5ccccc5c4C3)cc(-c3cncc(C)c3)nc12. The largest absolute Gasteiger partial charge is 0.367 e. The van der Waals surface area contributed by atoms with Crippen molar-refractivity contribution in [3.05, 3.63) is 77.4 Å². The summed E-state index contributed by atoms with van der Waals surface area (Å²) in [6, 6.07) is 12.8. The molecule has 3 N–H and O–H groups in total. The van der Waals surface area contributed by atoms with Gasteiger partial charge in [0, 0.05) is 53.2 Å². The molecule has 1 atom stereocenters. The van der Waals surface area contributed by atoms with Gasteiger partial charge in [0.15, 0.2) is 5.65 Å². The number of nitrogens with zero attached hydrogens (tertiary/aromatic N) is 4. The number of hydrogen-bond acceptors (Lipinski definition) is 5. The fourth-order valence-corrected chi connectivity index (χ4v) is 5.03. The molecule has 6 rings (SSSR count). The number of rotatable bonds is 5. The van der Waals surface area contributed by atoms with Crippen LogP contribution in [0.1, 0.15) is 40.5 Å². The van der Waals surface area contributed by atoms with Crippen molar-refractivity contribution in [2.24, 2.45) is 0 Å². The number of carbonyl (C=O) groups is 1. The lowest BCUT2D eigenvalue weighted by Crippen LogP contribution is -2.28. The smallest absolute Gasteiger partial charge is 0.256 e. The van der Waals surface area contributed by atoms with E-state index in [0.29, 0.717) is 17.8 Å². The molecule has 1 aliphatic carbocycles. The number of aromatic nitrogens is 5. The highest BCUT2D eigenvalue weighted by Crippen LogP contribution is 2.31. The molecule has 0 saturated carbocycles. The zero-order valence-corrected chi connectivity index (χ0v) is 19.8. The molecule has 0 unspecified atom stereocenters. The summed E-state index contributed by atoms with van der Waals surface area (Å²) in [6.45, 7) is 4.45. The highest BCUT2D eigenvalue weighted by Gasteiger charge is 2.24. The molecule has 35 heavy (non-hydrogen) atoms. The van der Waals surface area contributed by atoms with E-state index in [2.05, 4.69) is 56.0 Å². The average Bonchev–Trinajstić information content (AvgIpc) is 3.46. The van der Waals surface area contributed by atoms with Crippen molar-refractivity contribution in [1.82, 2.24) is 29.9 Å². The molecule has 0 aliphatic heterocycles. The van der Waals surface area contributed by atoms with E-state index < -0.39 is 0 Å². The first-order valence-corrected chi connectivity index (χ1v) is 12.0. The molecule has 0 radical (unpaired) electrons. The molecule has 4 heterocycles. The second-order valence-electron chi connectivity index (χ2n) is 9.14. The number of benzene rings is 1. The Labute approximate surface area is 202 Å². The maximum absolute atomic E-state index is 12.7. The van der Waals surface area contributed by atoms with E-state index in [1.54, 1.807) is 16.9 Å². The number of aromatic amines is 1. The molecule has 8 nitrogen and oxygen atoms in total. The van der Waals surface area contributed by atoms with E-state index in [4.69, 9.17) is 4.98 Å². The lowest BCUT2D eigenvalue weighted by Gasteiger charge is -2.25. The Hall–Kier alpha value is -4.20. The Morgan fingerprint density at radius 1 is 1.20 bits per heavy atom. The highest BCUT2D eigenvalue weighted by molar-refractivity contribution is 6.00. The predicted molar refractivity (Wildman–Crippen MR) is 137 cm³/mol. The number of hydrogen-bond donors (Lipinski definition) is 3. The van der Waals surface area contributed by atoms with Gasteiger partial charge in [-0.2, -0.15) is 9.61 Å². The minimum absolute atomic E-state index is 0.179. The van der Waals surface area contributed by atoms with Crippen LogP contribution in [-0.2, 0) is 12.8 Å². The van der Waals surface area contributed by atoms with E-state index in [1.165, 1.54) is 22.2 Å². The van der Waals surface area contributed by atoms with Crippen LogP contribution in [0.4, 0.5) is 5.82 Å². The summed E-state index contributed by atoms with van der Waals surface area (Å²) in [5, 5.41) is 12.4. The number of pyridine rings is 1. The van der Waals surface area contributed by atoms with Gasteiger partial charge in [0.1, 0.15) is 11.4 Å². The minimum Gasteiger partial charge on any atom is -0.367 e. The second-order valence-corrected chi connectivity index (χ2v) is 9.14. The monoisotopic (exact) mass is 465 g/mol. The first-order valence-electron chi connectivity index (χ1n) is 12.0. The summed E-state index contributed by atoms with van der Waals surface area (Å²) in [4.78, 5) is 25.5. The van der Waals surface area contributed by atoms with Crippen LogP contribution in [0.15, 0.2) is 55.0 Å². The maximum atomic E-state index is 12.7. The number of fused-ring (bicyclic) bond motifs is 4. The van der Waals surface area contributed by atoms with Crippen LogP contribution >= 0.6 is 0 Å². The van der Waals surface area contributed by atoms with E-state index in [0.717, 1.165) is 41.9 Å². The lowest BCUT2D eigenvalue weighted by molar-refractivity contribution is 0.0957. The van der Waals surface area contributed by atoms with Crippen LogP contribution in [0.25, 0.3) is 27.8 Å². The van der Waals surface area contributed by atoms with E-state index in [-0.39, 0.29) is 11.9 Å². The van der Waals surface area contributed by atoms with Crippen molar-refractivity contribution in [2.45, 2.75) is 39.2 Å². The van der Waals surface area contributed by atoms with Gasteiger partial charge in [-0.15, -0.1) is 0 Å². The number of aryl methyl sites for hydroxylation is 2. The van der Waals surface area contributed by atoms with Gasteiger partial charge < -0.3 is 15.6 Å². The van der Waals surface area contributed by atoms with Crippen LogP contribution in [0, 0.1) is 6.92 Å². The Morgan fingerprint density at radius 3 is 2.94 bits per heavy atom. The van der Waals surface area contributed by atoms with Gasteiger partial charge in [0.25, 0.3) is 5.91 Å². The molecule has 1 amide bonds. The topological polar surface area (TPSA) is 100 Å². The van der Waals surface area contributed by atoms with E-state index in [9.17, 15) is 4.79 Å². The standard InChI is InChI=1S/C27H27N7O/c1-3-29-27(35)21-15-30-34-25(12-24(33-26(21)34)17-10-16(2)13-28-14-17)31-18-8-9-23-20(11-18)19-6-4-5-7-22(19)32-23/h4-7,10,12-15,18,31-32H,3,8-9,11H2,1-2H3,(H,29,35)/t18-/m1/s1. The van der Waals surface area contributed by atoms with Gasteiger partial charge in [-0.05, 0) is 56.4 Å². The maximum Gasteiger partial charge on any atom is 0.256 e. The zero-order chi connectivity index (χ0) is 23.9. The number of carbonyl (C=O) groups excluding carboxylic acids is 1. The molecule has 1 aliphatic rings. The third-order valence-corrected chi connectivity index (χ3v) is 6.67. The van der Waals surface area contributed by atoms with Crippen molar-refractivity contribution in [3.63, 3.8) is 0 Å². The highest BCUT2D eigenvalue weighted by atomic mass is 16.1. The predicted octanol–water partition coefficient (Wildman–Crippen LogP) is 4.30. The summed E-state index contributed by atoms with van der Waals surface area (Å²) in [7, 11) is 0. The Balaban J connectivity index is 1.41. The Morgan fingerprint density at radius 2 is 2.09 bits per heavy atom. The molecule has 0 spiro atoms. The summed E-state index contributed by atoms with van der Waals surface area (Å²) in [6.07, 6.45) is 8.10. The third-order valence-electron chi connectivity index (χ3n) is 6.67. The molecular weight excluding hydrogens is 438 g/mol. The van der Waals surface area contributed by atoms with E-state index >= 15 is 0 Å². The third kappa shape index (κ3) is 3.80. The van der Waals surface area contributed by atoms with Crippen LogP contribution < -0.4 is 10.6 Å². The van der Waals surface area contributed by atoms with Crippen LogP contribution in [0.2, 0.25) is 0 Å².